The largest absolute Gasteiger partial charge is 0.416 e. The number of aryl methyl sites for hydroxylation is 1. The molecule has 3 heterocycles. The monoisotopic (exact) mass is 362 g/mol. The van der Waals surface area contributed by atoms with E-state index in [1.807, 2.05) is 13.0 Å². The fourth-order valence-electron chi connectivity index (χ4n) is 4.07. The number of hydrogen-bond acceptors (Lipinski definition) is 4. The molecule has 1 aromatic carbocycles. The molecule has 2 aliphatic rings. The average molecular weight is 362 g/mol. The Morgan fingerprint density at radius 1 is 1.08 bits per heavy atom. The molecule has 4 nitrogen and oxygen atoms in total. The Balaban J connectivity index is 1.38. The molecule has 2 atom stereocenters. The van der Waals surface area contributed by atoms with E-state index in [0.717, 1.165) is 49.5 Å². The third-order valence-corrected chi connectivity index (χ3v) is 5.29. The van der Waals surface area contributed by atoms with Crippen LogP contribution < -0.4 is 4.90 Å². The van der Waals surface area contributed by atoms with Crippen molar-refractivity contribution >= 4 is 5.95 Å². The summed E-state index contributed by atoms with van der Waals surface area (Å²) in [7, 11) is 0. The van der Waals surface area contributed by atoms with Gasteiger partial charge in [-0.05, 0) is 36.5 Å². The lowest BCUT2D eigenvalue weighted by Gasteiger charge is -2.22. The van der Waals surface area contributed by atoms with E-state index in [9.17, 15) is 13.2 Å². The molecule has 2 unspecified atom stereocenters. The molecule has 26 heavy (non-hydrogen) atoms. The number of nitrogens with zero attached hydrogens (tertiary/aromatic N) is 4. The van der Waals surface area contributed by atoms with Crippen molar-refractivity contribution in [2.45, 2.75) is 19.6 Å². The third kappa shape index (κ3) is 3.53. The quantitative estimate of drug-likeness (QED) is 0.838. The third-order valence-electron chi connectivity index (χ3n) is 5.29. The first kappa shape index (κ1) is 17.3. The van der Waals surface area contributed by atoms with Crippen LogP contribution in [0.2, 0.25) is 0 Å². The number of halogens is 3. The van der Waals surface area contributed by atoms with Crippen LogP contribution in [0.15, 0.2) is 36.5 Å². The summed E-state index contributed by atoms with van der Waals surface area (Å²) in [6.07, 6.45) is -2.50. The lowest BCUT2D eigenvalue weighted by molar-refractivity contribution is -0.137. The van der Waals surface area contributed by atoms with Crippen molar-refractivity contribution in [1.29, 1.82) is 0 Å². The molecule has 0 radical (unpaired) electrons. The molecule has 0 bridgehead atoms. The molecular formula is C19H21F3N4. The molecule has 2 saturated heterocycles. The Hall–Kier alpha value is -2.15. The minimum Gasteiger partial charge on any atom is -0.340 e. The molecule has 1 aromatic heterocycles. The van der Waals surface area contributed by atoms with Gasteiger partial charge in [0.1, 0.15) is 0 Å². The Labute approximate surface area is 150 Å². The Morgan fingerprint density at radius 2 is 1.81 bits per heavy atom. The van der Waals surface area contributed by atoms with Crippen molar-refractivity contribution in [2.24, 2.45) is 11.8 Å². The summed E-state index contributed by atoms with van der Waals surface area (Å²) in [5, 5.41) is 0. The summed E-state index contributed by atoms with van der Waals surface area (Å²) >= 11 is 0. The van der Waals surface area contributed by atoms with Gasteiger partial charge in [0.15, 0.2) is 0 Å². The predicted molar refractivity (Wildman–Crippen MR) is 92.7 cm³/mol. The number of aromatic nitrogens is 2. The van der Waals surface area contributed by atoms with Crippen LogP contribution in [0.25, 0.3) is 0 Å². The van der Waals surface area contributed by atoms with Gasteiger partial charge in [-0.3, -0.25) is 4.90 Å². The highest BCUT2D eigenvalue weighted by molar-refractivity contribution is 5.33. The van der Waals surface area contributed by atoms with Crippen molar-refractivity contribution in [3.05, 3.63) is 53.3 Å². The van der Waals surface area contributed by atoms with E-state index < -0.39 is 11.7 Å². The van der Waals surface area contributed by atoms with Gasteiger partial charge >= 0.3 is 6.18 Å². The summed E-state index contributed by atoms with van der Waals surface area (Å²) in [6, 6.07) is 7.54. The summed E-state index contributed by atoms with van der Waals surface area (Å²) in [6.45, 7) is 6.16. The number of benzene rings is 1. The van der Waals surface area contributed by atoms with Crippen LogP contribution in [-0.2, 0) is 12.7 Å². The lowest BCUT2D eigenvalue weighted by Crippen LogP contribution is -2.29. The molecule has 7 heteroatoms. The zero-order chi connectivity index (χ0) is 18.3. The summed E-state index contributed by atoms with van der Waals surface area (Å²) in [4.78, 5) is 13.3. The van der Waals surface area contributed by atoms with Crippen LogP contribution in [-0.4, -0.2) is 41.0 Å². The molecular weight excluding hydrogens is 341 g/mol. The topological polar surface area (TPSA) is 32.3 Å². The van der Waals surface area contributed by atoms with E-state index in [-0.39, 0.29) is 0 Å². The first-order valence-corrected chi connectivity index (χ1v) is 8.81. The summed E-state index contributed by atoms with van der Waals surface area (Å²) in [5.41, 5.74) is 1.11. The summed E-state index contributed by atoms with van der Waals surface area (Å²) in [5.74, 6) is 1.82. The van der Waals surface area contributed by atoms with Crippen LogP contribution in [0, 0.1) is 18.8 Å². The van der Waals surface area contributed by atoms with Crippen LogP contribution >= 0.6 is 0 Å². The molecule has 0 spiro atoms. The second-order valence-electron chi connectivity index (χ2n) is 7.32. The first-order chi connectivity index (χ1) is 12.4. The van der Waals surface area contributed by atoms with E-state index in [2.05, 4.69) is 19.8 Å². The SMILES string of the molecule is Cc1ccnc(N2CC3CN(Cc4cccc(C(F)(F)F)c4)CC3C2)n1. The van der Waals surface area contributed by atoms with Crippen molar-refractivity contribution in [3.63, 3.8) is 0 Å². The molecule has 2 fully saturated rings. The highest BCUT2D eigenvalue weighted by atomic mass is 19.4. The molecule has 4 rings (SSSR count). The van der Waals surface area contributed by atoms with E-state index >= 15 is 0 Å². The Bertz CT molecular complexity index is 778. The highest BCUT2D eigenvalue weighted by Crippen LogP contribution is 2.34. The van der Waals surface area contributed by atoms with Crippen molar-refractivity contribution in [1.82, 2.24) is 14.9 Å². The number of rotatable bonds is 3. The summed E-state index contributed by atoms with van der Waals surface area (Å²) < 4.78 is 38.6. The van der Waals surface area contributed by atoms with Crippen LogP contribution in [0.4, 0.5) is 19.1 Å². The van der Waals surface area contributed by atoms with E-state index in [4.69, 9.17) is 0 Å². The fourth-order valence-corrected chi connectivity index (χ4v) is 4.07. The number of alkyl halides is 3. The maximum Gasteiger partial charge on any atom is 0.416 e. The van der Waals surface area contributed by atoms with E-state index in [1.165, 1.54) is 12.1 Å². The normalized spacial score (nSPS) is 23.5. The van der Waals surface area contributed by atoms with Gasteiger partial charge < -0.3 is 4.90 Å². The molecule has 0 aliphatic carbocycles. The number of anilines is 1. The fraction of sp³-hybridized carbons (Fsp3) is 0.474. The minimum atomic E-state index is -4.29. The minimum absolute atomic E-state index is 0.518. The molecule has 0 N–H and O–H groups in total. The zero-order valence-electron chi connectivity index (χ0n) is 14.6. The van der Waals surface area contributed by atoms with Crippen LogP contribution in [0.1, 0.15) is 16.8 Å². The molecule has 2 aromatic rings. The Kier molecular flexibility index (Phi) is 4.34. The van der Waals surface area contributed by atoms with E-state index in [1.54, 1.807) is 12.3 Å². The molecule has 0 amide bonds. The maximum atomic E-state index is 12.9. The van der Waals surface area contributed by atoms with Crippen LogP contribution in [0.5, 0.6) is 0 Å². The second kappa shape index (κ2) is 6.54. The molecule has 0 saturated carbocycles. The number of fused-ring (bicyclic) bond motifs is 1. The maximum absolute atomic E-state index is 12.9. The van der Waals surface area contributed by atoms with Gasteiger partial charge in [-0.25, -0.2) is 9.97 Å². The smallest absolute Gasteiger partial charge is 0.340 e. The highest BCUT2D eigenvalue weighted by Gasteiger charge is 2.40. The van der Waals surface area contributed by atoms with Crippen molar-refractivity contribution in [2.75, 3.05) is 31.1 Å². The van der Waals surface area contributed by atoms with Gasteiger partial charge in [-0.2, -0.15) is 13.2 Å². The second-order valence-corrected chi connectivity index (χ2v) is 7.32. The van der Waals surface area contributed by atoms with E-state index in [0.29, 0.717) is 18.4 Å². The van der Waals surface area contributed by atoms with Gasteiger partial charge in [0.2, 0.25) is 5.95 Å². The standard InChI is InChI=1S/C19H21F3N4/c1-13-5-6-23-18(24-13)26-11-15-9-25(10-16(15)12-26)8-14-3-2-4-17(7-14)19(20,21)22/h2-7,15-16H,8-12H2,1H3. The van der Waals surface area contributed by atoms with Crippen molar-refractivity contribution < 1.29 is 13.2 Å². The van der Waals surface area contributed by atoms with Gasteiger partial charge in [-0.1, -0.05) is 18.2 Å². The Morgan fingerprint density at radius 3 is 2.46 bits per heavy atom. The zero-order valence-corrected chi connectivity index (χ0v) is 14.6. The molecule has 138 valence electrons. The number of likely N-dealkylation sites (tertiary alicyclic amines) is 1. The van der Waals surface area contributed by atoms with Gasteiger partial charge in [0, 0.05) is 44.6 Å². The average Bonchev–Trinajstić information content (AvgIpc) is 3.13. The van der Waals surface area contributed by atoms with Crippen molar-refractivity contribution in [3.8, 4) is 0 Å². The molecule has 2 aliphatic heterocycles. The van der Waals surface area contributed by atoms with Gasteiger partial charge in [0.05, 0.1) is 5.56 Å². The lowest BCUT2D eigenvalue weighted by atomic mass is 10.0. The number of hydrogen-bond donors (Lipinski definition) is 0. The van der Waals surface area contributed by atoms with Crippen LogP contribution in [0.3, 0.4) is 0 Å². The van der Waals surface area contributed by atoms with Gasteiger partial charge in [-0.15, -0.1) is 0 Å². The predicted octanol–water partition coefficient (Wildman–Crippen LogP) is 3.37. The first-order valence-electron chi connectivity index (χ1n) is 8.81. The van der Waals surface area contributed by atoms with Gasteiger partial charge in [0.25, 0.3) is 0 Å².